The zero-order chi connectivity index (χ0) is 18.4. The van der Waals surface area contributed by atoms with Gasteiger partial charge in [-0.15, -0.1) is 0 Å². The molecule has 1 aromatic carbocycles. The van der Waals surface area contributed by atoms with E-state index in [1.807, 2.05) is 23.1 Å². The molecular weight excluding hydrogens is 332 g/mol. The number of ether oxygens (including phenoxy) is 1. The molecule has 2 fully saturated rings. The van der Waals surface area contributed by atoms with Crippen LogP contribution >= 0.6 is 0 Å². The summed E-state index contributed by atoms with van der Waals surface area (Å²) in [5, 5.41) is 0. The number of carbonyl (C=O) groups is 3. The molecule has 140 valence electrons. The van der Waals surface area contributed by atoms with E-state index in [0.717, 1.165) is 0 Å². The number of hydrogen-bond donors (Lipinski definition) is 0. The van der Waals surface area contributed by atoms with E-state index in [0.29, 0.717) is 57.8 Å². The highest BCUT2D eigenvalue weighted by Crippen LogP contribution is 2.21. The lowest BCUT2D eigenvalue weighted by molar-refractivity contribution is -0.143. The second kappa shape index (κ2) is 8.94. The Bertz CT molecular complexity index is 632. The van der Waals surface area contributed by atoms with E-state index in [-0.39, 0.29) is 36.4 Å². The van der Waals surface area contributed by atoms with Gasteiger partial charge in [0.2, 0.25) is 11.8 Å². The number of amides is 2. The first-order chi connectivity index (χ1) is 12.6. The van der Waals surface area contributed by atoms with E-state index >= 15 is 0 Å². The average molecular weight is 358 g/mol. The Morgan fingerprint density at radius 1 is 0.885 bits per heavy atom. The summed E-state index contributed by atoms with van der Waals surface area (Å²) in [6.45, 7) is 3.74. The van der Waals surface area contributed by atoms with E-state index in [1.54, 1.807) is 17.0 Å². The van der Waals surface area contributed by atoms with Crippen LogP contribution in [0.2, 0.25) is 0 Å². The largest absolute Gasteiger partial charge is 0.378 e. The SMILES string of the molecule is O=C(CCC(=O)N1CCC(C(=O)N2CCOCC2)CC1)c1ccccc1. The van der Waals surface area contributed by atoms with Gasteiger partial charge in [0, 0.05) is 50.5 Å². The first-order valence-corrected chi connectivity index (χ1v) is 9.37. The maximum atomic E-state index is 12.5. The Balaban J connectivity index is 1.42. The molecule has 3 rings (SSSR count). The van der Waals surface area contributed by atoms with Gasteiger partial charge in [-0.25, -0.2) is 0 Å². The van der Waals surface area contributed by atoms with Crippen molar-refractivity contribution in [3.63, 3.8) is 0 Å². The molecule has 0 unspecified atom stereocenters. The molecule has 2 saturated heterocycles. The Kier molecular flexibility index (Phi) is 6.39. The van der Waals surface area contributed by atoms with Gasteiger partial charge in [-0.3, -0.25) is 14.4 Å². The Labute approximate surface area is 154 Å². The molecule has 1 aromatic rings. The van der Waals surface area contributed by atoms with E-state index in [2.05, 4.69) is 0 Å². The highest BCUT2D eigenvalue weighted by Gasteiger charge is 2.30. The van der Waals surface area contributed by atoms with Crippen molar-refractivity contribution >= 4 is 17.6 Å². The van der Waals surface area contributed by atoms with Crippen LogP contribution in [0.15, 0.2) is 30.3 Å². The number of carbonyl (C=O) groups excluding carboxylic acids is 3. The zero-order valence-corrected chi connectivity index (χ0v) is 15.1. The number of piperidine rings is 1. The predicted octanol–water partition coefficient (Wildman–Crippen LogP) is 1.75. The lowest BCUT2D eigenvalue weighted by Crippen LogP contribution is -2.47. The van der Waals surface area contributed by atoms with Gasteiger partial charge < -0.3 is 14.5 Å². The van der Waals surface area contributed by atoms with E-state index < -0.39 is 0 Å². The number of benzene rings is 1. The number of likely N-dealkylation sites (tertiary alicyclic amines) is 1. The van der Waals surface area contributed by atoms with Crippen molar-refractivity contribution < 1.29 is 19.1 Å². The van der Waals surface area contributed by atoms with Crippen LogP contribution in [-0.4, -0.2) is 66.8 Å². The highest BCUT2D eigenvalue weighted by molar-refractivity contribution is 5.97. The number of rotatable bonds is 5. The van der Waals surface area contributed by atoms with Gasteiger partial charge in [0.1, 0.15) is 0 Å². The summed E-state index contributed by atoms with van der Waals surface area (Å²) in [5.74, 6) is 0.200. The maximum Gasteiger partial charge on any atom is 0.225 e. The third-order valence-corrected chi connectivity index (χ3v) is 5.18. The molecule has 2 amide bonds. The number of nitrogens with zero attached hydrogens (tertiary/aromatic N) is 2. The predicted molar refractivity (Wildman–Crippen MR) is 96.7 cm³/mol. The first kappa shape index (κ1) is 18.6. The summed E-state index contributed by atoms with van der Waals surface area (Å²) < 4.78 is 5.29. The minimum atomic E-state index is -0.00340. The van der Waals surface area contributed by atoms with Gasteiger partial charge in [0.05, 0.1) is 13.2 Å². The molecule has 2 aliphatic rings. The molecule has 0 aliphatic carbocycles. The zero-order valence-electron chi connectivity index (χ0n) is 15.1. The molecule has 0 bridgehead atoms. The molecule has 6 nitrogen and oxygen atoms in total. The summed E-state index contributed by atoms with van der Waals surface area (Å²) in [6.07, 6.45) is 1.87. The minimum absolute atomic E-state index is 0.00287. The Hall–Kier alpha value is -2.21. The molecule has 0 radical (unpaired) electrons. The van der Waals surface area contributed by atoms with Gasteiger partial charge >= 0.3 is 0 Å². The van der Waals surface area contributed by atoms with E-state index in [4.69, 9.17) is 4.74 Å². The fourth-order valence-electron chi connectivity index (χ4n) is 3.56. The van der Waals surface area contributed by atoms with E-state index in [1.165, 1.54) is 0 Å². The van der Waals surface area contributed by atoms with Crippen LogP contribution < -0.4 is 0 Å². The van der Waals surface area contributed by atoms with Crippen molar-refractivity contribution in [1.82, 2.24) is 9.80 Å². The molecule has 0 aromatic heterocycles. The lowest BCUT2D eigenvalue weighted by atomic mass is 9.94. The molecular formula is C20H26N2O4. The van der Waals surface area contributed by atoms with Gasteiger partial charge in [-0.1, -0.05) is 30.3 Å². The summed E-state index contributed by atoms with van der Waals surface area (Å²) in [5.41, 5.74) is 0.648. The van der Waals surface area contributed by atoms with Gasteiger partial charge in [0.25, 0.3) is 0 Å². The minimum Gasteiger partial charge on any atom is -0.378 e. The third-order valence-electron chi connectivity index (χ3n) is 5.18. The normalized spacial score (nSPS) is 18.6. The van der Waals surface area contributed by atoms with Crippen molar-refractivity contribution in [3.05, 3.63) is 35.9 Å². The smallest absolute Gasteiger partial charge is 0.225 e. The molecule has 26 heavy (non-hydrogen) atoms. The molecule has 0 spiro atoms. The number of hydrogen-bond acceptors (Lipinski definition) is 4. The van der Waals surface area contributed by atoms with Crippen LogP contribution in [0.25, 0.3) is 0 Å². The number of morpholine rings is 1. The standard InChI is InChI=1S/C20H26N2O4/c23-18(16-4-2-1-3-5-16)6-7-19(24)21-10-8-17(9-11-21)20(25)22-12-14-26-15-13-22/h1-5,17H,6-15H2. The van der Waals surface area contributed by atoms with Gasteiger partial charge in [0.15, 0.2) is 5.78 Å². The first-order valence-electron chi connectivity index (χ1n) is 9.37. The lowest BCUT2D eigenvalue weighted by Gasteiger charge is -2.35. The van der Waals surface area contributed by atoms with Crippen molar-refractivity contribution in [2.24, 2.45) is 5.92 Å². The number of Topliss-reactive ketones (excluding diaryl/α,β-unsaturated/α-hetero) is 1. The van der Waals surface area contributed by atoms with Crippen LogP contribution in [0.1, 0.15) is 36.0 Å². The van der Waals surface area contributed by atoms with Crippen molar-refractivity contribution in [1.29, 1.82) is 0 Å². The molecule has 0 N–H and O–H groups in total. The quantitative estimate of drug-likeness (QED) is 0.752. The Morgan fingerprint density at radius 2 is 1.54 bits per heavy atom. The fourth-order valence-corrected chi connectivity index (χ4v) is 3.56. The van der Waals surface area contributed by atoms with E-state index in [9.17, 15) is 14.4 Å². The van der Waals surface area contributed by atoms with Gasteiger partial charge in [-0.05, 0) is 12.8 Å². The summed E-state index contributed by atoms with van der Waals surface area (Å²) in [4.78, 5) is 40.7. The van der Waals surface area contributed by atoms with Crippen LogP contribution in [0.5, 0.6) is 0 Å². The fraction of sp³-hybridized carbons (Fsp3) is 0.550. The Morgan fingerprint density at radius 3 is 2.19 bits per heavy atom. The highest BCUT2D eigenvalue weighted by atomic mass is 16.5. The van der Waals surface area contributed by atoms with Crippen LogP contribution in [-0.2, 0) is 14.3 Å². The van der Waals surface area contributed by atoms with Crippen molar-refractivity contribution in [2.45, 2.75) is 25.7 Å². The summed E-state index contributed by atoms with van der Waals surface area (Å²) >= 11 is 0. The van der Waals surface area contributed by atoms with Crippen LogP contribution in [0, 0.1) is 5.92 Å². The van der Waals surface area contributed by atoms with Crippen LogP contribution in [0.4, 0.5) is 0 Å². The summed E-state index contributed by atoms with van der Waals surface area (Å²) in [6, 6.07) is 9.06. The van der Waals surface area contributed by atoms with Crippen molar-refractivity contribution in [2.75, 3.05) is 39.4 Å². The second-order valence-corrected chi connectivity index (χ2v) is 6.88. The topological polar surface area (TPSA) is 66.9 Å². The maximum absolute atomic E-state index is 12.5. The summed E-state index contributed by atoms with van der Waals surface area (Å²) in [7, 11) is 0. The second-order valence-electron chi connectivity index (χ2n) is 6.88. The molecule has 6 heteroatoms. The molecule has 0 saturated carbocycles. The van der Waals surface area contributed by atoms with Crippen molar-refractivity contribution in [3.8, 4) is 0 Å². The monoisotopic (exact) mass is 358 g/mol. The van der Waals surface area contributed by atoms with Crippen LogP contribution in [0.3, 0.4) is 0 Å². The number of ketones is 1. The average Bonchev–Trinajstić information content (AvgIpc) is 2.72. The third kappa shape index (κ3) is 4.69. The molecule has 0 atom stereocenters. The van der Waals surface area contributed by atoms with Gasteiger partial charge in [-0.2, -0.15) is 0 Å². The molecule has 2 heterocycles. The molecule has 2 aliphatic heterocycles.